The highest BCUT2D eigenvalue weighted by molar-refractivity contribution is 5.82. The van der Waals surface area contributed by atoms with Crippen LogP contribution in [0.25, 0.3) is 0 Å². The van der Waals surface area contributed by atoms with Crippen molar-refractivity contribution in [3.05, 3.63) is 0 Å². The van der Waals surface area contributed by atoms with E-state index in [2.05, 4.69) is 5.32 Å². The smallest absolute Gasteiger partial charge is 0.307 e. The van der Waals surface area contributed by atoms with Gasteiger partial charge in [-0.1, -0.05) is 41.5 Å². The highest BCUT2D eigenvalue weighted by atomic mass is 16.4. The predicted octanol–water partition coefficient (Wildman–Crippen LogP) is 2.00. The van der Waals surface area contributed by atoms with Crippen LogP contribution >= 0.6 is 0 Å². The van der Waals surface area contributed by atoms with Crippen LogP contribution in [0.3, 0.4) is 0 Å². The maximum atomic E-state index is 12.3. The molecule has 0 radical (unpaired) electrons. The van der Waals surface area contributed by atoms with Crippen LogP contribution in [0.4, 0.5) is 0 Å². The normalized spacial score (nSPS) is 30.5. The predicted molar refractivity (Wildman–Crippen MR) is 82.7 cm³/mol. The second-order valence-corrected chi connectivity index (χ2v) is 8.04. The van der Waals surface area contributed by atoms with E-state index in [1.54, 1.807) is 0 Å². The molecule has 0 saturated heterocycles. The fourth-order valence-electron chi connectivity index (χ4n) is 3.11. The van der Waals surface area contributed by atoms with Crippen molar-refractivity contribution in [2.24, 2.45) is 28.4 Å². The van der Waals surface area contributed by atoms with Gasteiger partial charge in [-0.3, -0.25) is 9.59 Å². The van der Waals surface area contributed by atoms with Crippen LogP contribution < -0.4 is 11.1 Å². The zero-order chi connectivity index (χ0) is 16.6. The Bertz CT molecular complexity index is 412. The van der Waals surface area contributed by atoms with Crippen molar-refractivity contribution in [3.63, 3.8) is 0 Å². The van der Waals surface area contributed by atoms with E-state index >= 15 is 0 Å². The van der Waals surface area contributed by atoms with Crippen LogP contribution in [0.1, 0.15) is 54.4 Å². The molecule has 0 bridgehead atoms. The number of nitrogens with one attached hydrogen (secondary N) is 1. The van der Waals surface area contributed by atoms with Crippen LogP contribution in [0, 0.1) is 22.7 Å². The Morgan fingerprint density at radius 1 is 1.29 bits per heavy atom. The molecule has 0 spiro atoms. The minimum Gasteiger partial charge on any atom is -0.481 e. The summed E-state index contributed by atoms with van der Waals surface area (Å²) >= 11 is 0. The molecule has 3 unspecified atom stereocenters. The number of carboxylic acid groups (broad SMARTS) is 1. The van der Waals surface area contributed by atoms with Gasteiger partial charge in [0, 0.05) is 6.04 Å². The Hall–Kier alpha value is -1.10. The summed E-state index contributed by atoms with van der Waals surface area (Å²) in [6.45, 7) is 11.8. The zero-order valence-electron chi connectivity index (χ0n) is 14.1. The van der Waals surface area contributed by atoms with Crippen molar-refractivity contribution >= 4 is 11.9 Å². The molecule has 1 rings (SSSR count). The zero-order valence-corrected chi connectivity index (χ0v) is 14.1. The van der Waals surface area contributed by atoms with Crippen LogP contribution in [0.15, 0.2) is 0 Å². The van der Waals surface area contributed by atoms with Gasteiger partial charge in [-0.05, 0) is 29.6 Å². The van der Waals surface area contributed by atoms with Gasteiger partial charge in [0.25, 0.3) is 0 Å². The SMILES string of the molecule is CC1C(NC(=O)[C@H](N)C(C)(C)C)CCC(C(=O)O)C1(C)C. The maximum absolute atomic E-state index is 12.3. The first-order chi connectivity index (χ1) is 9.39. The fraction of sp³-hybridized carbons (Fsp3) is 0.875. The molecule has 5 heteroatoms. The molecule has 0 heterocycles. The van der Waals surface area contributed by atoms with Gasteiger partial charge in [0.2, 0.25) is 5.91 Å². The van der Waals surface area contributed by atoms with Crippen molar-refractivity contribution in [3.8, 4) is 0 Å². The Balaban J connectivity index is 2.79. The van der Waals surface area contributed by atoms with Crippen LogP contribution in [-0.2, 0) is 9.59 Å². The van der Waals surface area contributed by atoms with E-state index in [9.17, 15) is 14.7 Å². The first kappa shape index (κ1) is 18.0. The molecule has 1 aliphatic rings. The molecule has 4 atom stereocenters. The summed E-state index contributed by atoms with van der Waals surface area (Å²) in [4.78, 5) is 23.7. The molecule has 0 aromatic carbocycles. The Morgan fingerprint density at radius 2 is 1.81 bits per heavy atom. The molecule has 5 nitrogen and oxygen atoms in total. The van der Waals surface area contributed by atoms with E-state index < -0.39 is 12.0 Å². The highest BCUT2D eigenvalue weighted by Gasteiger charge is 2.47. The Kier molecular flexibility index (Phi) is 5.09. The third-order valence-corrected chi connectivity index (χ3v) is 5.28. The third-order valence-electron chi connectivity index (χ3n) is 5.28. The lowest BCUT2D eigenvalue weighted by Gasteiger charge is -2.46. The minimum atomic E-state index is -0.747. The van der Waals surface area contributed by atoms with Gasteiger partial charge in [-0.2, -0.15) is 0 Å². The average Bonchev–Trinajstić information content (AvgIpc) is 2.32. The van der Waals surface area contributed by atoms with E-state index in [0.717, 1.165) is 0 Å². The largest absolute Gasteiger partial charge is 0.481 e. The van der Waals surface area contributed by atoms with Crippen LogP contribution in [0.5, 0.6) is 0 Å². The summed E-state index contributed by atoms with van der Waals surface area (Å²) in [5.41, 5.74) is 5.35. The van der Waals surface area contributed by atoms with Crippen molar-refractivity contribution in [2.45, 2.75) is 66.5 Å². The van der Waals surface area contributed by atoms with Crippen LogP contribution in [0.2, 0.25) is 0 Å². The molecule has 21 heavy (non-hydrogen) atoms. The number of aliphatic carboxylic acids is 1. The molecular formula is C16H30N2O3. The summed E-state index contributed by atoms with van der Waals surface area (Å²) < 4.78 is 0. The minimum absolute atomic E-state index is 0.0171. The number of hydrogen-bond donors (Lipinski definition) is 3. The first-order valence-electron chi connectivity index (χ1n) is 7.67. The number of nitrogens with two attached hydrogens (primary N) is 1. The lowest BCUT2D eigenvalue weighted by molar-refractivity contribution is -0.150. The molecule has 122 valence electrons. The Morgan fingerprint density at radius 3 is 2.24 bits per heavy atom. The van der Waals surface area contributed by atoms with Gasteiger partial charge in [-0.15, -0.1) is 0 Å². The lowest BCUT2D eigenvalue weighted by atomic mass is 9.61. The van der Waals surface area contributed by atoms with Gasteiger partial charge >= 0.3 is 5.97 Å². The molecule has 0 aliphatic heterocycles. The van der Waals surface area contributed by atoms with Crippen molar-refractivity contribution in [2.75, 3.05) is 0 Å². The van der Waals surface area contributed by atoms with Gasteiger partial charge in [0.05, 0.1) is 12.0 Å². The van der Waals surface area contributed by atoms with Crippen molar-refractivity contribution < 1.29 is 14.7 Å². The maximum Gasteiger partial charge on any atom is 0.307 e. The molecule has 1 aliphatic carbocycles. The second-order valence-electron chi connectivity index (χ2n) is 8.04. The van der Waals surface area contributed by atoms with E-state index in [4.69, 9.17) is 5.73 Å². The number of rotatable bonds is 3. The number of carbonyl (C=O) groups is 2. The van der Waals surface area contributed by atoms with E-state index in [-0.39, 0.29) is 34.6 Å². The lowest BCUT2D eigenvalue weighted by Crippen LogP contribution is -2.57. The summed E-state index contributed by atoms with van der Waals surface area (Å²) in [6.07, 6.45) is 1.27. The number of hydrogen-bond acceptors (Lipinski definition) is 3. The van der Waals surface area contributed by atoms with E-state index in [1.165, 1.54) is 0 Å². The second kappa shape index (κ2) is 5.95. The number of carbonyl (C=O) groups excluding carboxylic acids is 1. The summed E-state index contributed by atoms with van der Waals surface area (Å²) in [7, 11) is 0. The number of amides is 1. The van der Waals surface area contributed by atoms with E-state index in [1.807, 2.05) is 41.5 Å². The molecule has 0 aromatic rings. The molecule has 1 fully saturated rings. The Labute approximate surface area is 127 Å². The summed E-state index contributed by atoms with van der Waals surface area (Å²) in [6, 6.07) is -0.582. The van der Waals surface area contributed by atoms with Gasteiger partial charge in [0.1, 0.15) is 0 Å². The van der Waals surface area contributed by atoms with Gasteiger partial charge < -0.3 is 16.2 Å². The third kappa shape index (κ3) is 3.76. The summed E-state index contributed by atoms with van der Waals surface area (Å²) in [5.74, 6) is -1.17. The van der Waals surface area contributed by atoms with Gasteiger partial charge in [0.15, 0.2) is 0 Å². The molecule has 1 saturated carbocycles. The fourth-order valence-corrected chi connectivity index (χ4v) is 3.11. The molecule has 0 aromatic heterocycles. The monoisotopic (exact) mass is 298 g/mol. The summed E-state index contributed by atoms with van der Waals surface area (Å²) in [5, 5.41) is 12.4. The van der Waals surface area contributed by atoms with Gasteiger partial charge in [-0.25, -0.2) is 0 Å². The van der Waals surface area contributed by atoms with E-state index in [0.29, 0.717) is 12.8 Å². The van der Waals surface area contributed by atoms with Crippen molar-refractivity contribution in [1.29, 1.82) is 0 Å². The molecule has 1 amide bonds. The first-order valence-corrected chi connectivity index (χ1v) is 7.67. The molecular weight excluding hydrogens is 268 g/mol. The van der Waals surface area contributed by atoms with Crippen LogP contribution in [-0.4, -0.2) is 29.1 Å². The average molecular weight is 298 g/mol. The quantitative estimate of drug-likeness (QED) is 0.743. The molecule has 4 N–H and O–H groups in total. The topological polar surface area (TPSA) is 92.4 Å². The highest BCUT2D eigenvalue weighted by Crippen LogP contribution is 2.45. The van der Waals surface area contributed by atoms with Crippen molar-refractivity contribution in [1.82, 2.24) is 5.32 Å². The standard InChI is InChI=1S/C16H30N2O3/c1-9-11(18-13(19)12(17)15(2,3)4)8-7-10(14(20)21)16(9,5)6/h9-12H,7-8,17H2,1-6H3,(H,18,19)(H,20,21)/t9?,10?,11?,12-/m0/s1. The number of carboxylic acids is 1.